The fourth-order valence-corrected chi connectivity index (χ4v) is 6.71. The molecule has 0 atom stereocenters. The first-order valence-corrected chi connectivity index (χ1v) is 17.6. The highest BCUT2D eigenvalue weighted by Crippen LogP contribution is 2.35. The molecular formula is C38H31N5O8S2. The number of thiophene rings is 1. The molecule has 53 heavy (non-hydrogen) atoms. The minimum Gasteiger partial charge on any atom is -0.465 e. The predicted molar refractivity (Wildman–Crippen MR) is 204 cm³/mol. The van der Waals surface area contributed by atoms with E-state index in [1.165, 1.54) is 37.5 Å². The van der Waals surface area contributed by atoms with Gasteiger partial charge in [0.05, 0.1) is 28.2 Å². The van der Waals surface area contributed by atoms with Gasteiger partial charge in [-0.25, -0.2) is 4.79 Å². The second-order valence-corrected chi connectivity index (χ2v) is 13.2. The van der Waals surface area contributed by atoms with Crippen molar-refractivity contribution in [3.8, 4) is 0 Å². The quantitative estimate of drug-likeness (QED) is 0.0319. The molecular weight excluding hydrogens is 719 g/mol. The number of nitro benzene ring substituents is 1. The SMILES string of the molecule is COC(=O)c1c(NC(=O)CSc2cccc(NC(=O)/C(=C\c3ccc([N+](=O)[O-])cc3)NC(=O)c3ccccc3)c2)sc(C(=O)Nc2ccccc2)c1C. The number of hydrogen-bond donors (Lipinski definition) is 4. The zero-order valence-corrected chi connectivity index (χ0v) is 29.8. The molecule has 0 spiro atoms. The molecule has 0 aliphatic rings. The average molecular weight is 750 g/mol. The first kappa shape index (κ1) is 37.7. The van der Waals surface area contributed by atoms with Gasteiger partial charge in [0.2, 0.25) is 5.91 Å². The van der Waals surface area contributed by atoms with Crippen LogP contribution in [0.1, 0.15) is 41.5 Å². The van der Waals surface area contributed by atoms with Gasteiger partial charge < -0.3 is 26.0 Å². The van der Waals surface area contributed by atoms with E-state index in [0.29, 0.717) is 33.0 Å². The molecule has 268 valence electrons. The molecule has 5 rings (SSSR count). The number of rotatable bonds is 13. The minimum atomic E-state index is -0.703. The lowest BCUT2D eigenvalue weighted by Crippen LogP contribution is -2.30. The number of methoxy groups -OCH3 is 1. The maximum absolute atomic E-state index is 13.5. The Morgan fingerprint density at radius 2 is 1.47 bits per heavy atom. The Morgan fingerprint density at radius 1 is 0.811 bits per heavy atom. The van der Waals surface area contributed by atoms with E-state index < -0.39 is 34.5 Å². The molecule has 0 saturated carbocycles. The average Bonchev–Trinajstić information content (AvgIpc) is 3.49. The summed E-state index contributed by atoms with van der Waals surface area (Å²) < 4.78 is 4.93. The van der Waals surface area contributed by atoms with Crippen molar-refractivity contribution in [2.75, 3.05) is 28.8 Å². The summed E-state index contributed by atoms with van der Waals surface area (Å²) in [5.41, 5.74) is 1.88. The van der Waals surface area contributed by atoms with Gasteiger partial charge in [-0.1, -0.05) is 42.5 Å². The smallest absolute Gasteiger partial charge is 0.341 e. The Labute approximate surface area is 311 Å². The Morgan fingerprint density at radius 3 is 2.13 bits per heavy atom. The number of thioether (sulfide) groups is 1. The Hall–Kier alpha value is -6.58. The summed E-state index contributed by atoms with van der Waals surface area (Å²) >= 11 is 2.11. The summed E-state index contributed by atoms with van der Waals surface area (Å²) in [7, 11) is 1.21. The molecule has 0 fully saturated rings. The minimum absolute atomic E-state index is 0.0794. The number of benzene rings is 4. The van der Waals surface area contributed by atoms with E-state index >= 15 is 0 Å². The van der Waals surface area contributed by atoms with E-state index in [1.807, 2.05) is 6.07 Å². The first-order chi connectivity index (χ1) is 25.5. The van der Waals surface area contributed by atoms with E-state index in [-0.39, 0.29) is 32.6 Å². The Kier molecular flexibility index (Phi) is 12.5. The summed E-state index contributed by atoms with van der Waals surface area (Å²) in [6.45, 7) is 1.60. The van der Waals surface area contributed by atoms with Gasteiger partial charge in [-0.3, -0.25) is 29.3 Å². The van der Waals surface area contributed by atoms with Crippen LogP contribution in [-0.2, 0) is 14.3 Å². The van der Waals surface area contributed by atoms with Gasteiger partial charge in [-0.15, -0.1) is 23.1 Å². The van der Waals surface area contributed by atoms with E-state index in [2.05, 4.69) is 21.3 Å². The number of nitrogens with one attached hydrogen (secondary N) is 4. The Balaban J connectivity index is 1.28. The third-order valence-corrected chi connectivity index (χ3v) is 9.63. The van der Waals surface area contributed by atoms with E-state index in [0.717, 1.165) is 23.1 Å². The molecule has 4 N–H and O–H groups in total. The largest absolute Gasteiger partial charge is 0.465 e. The molecule has 1 aromatic heterocycles. The number of amides is 4. The molecule has 15 heteroatoms. The molecule has 4 amide bonds. The number of carbonyl (C=O) groups excluding carboxylic acids is 5. The first-order valence-electron chi connectivity index (χ1n) is 15.8. The molecule has 0 saturated heterocycles. The molecule has 0 aliphatic carbocycles. The number of nitro groups is 1. The fraction of sp³-hybridized carbons (Fsp3) is 0.0789. The van der Waals surface area contributed by atoms with Gasteiger partial charge >= 0.3 is 5.97 Å². The highest BCUT2D eigenvalue weighted by Gasteiger charge is 2.26. The van der Waals surface area contributed by atoms with Gasteiger partial charge in [0.1, 0.15) is 10.7 Å². The predicted octanol–water partition coefficient (Wildman–Crippen LogP) is 7.14. The van der Waals surface area contributed by atoms with Crippen molar-refractivity contribution in [3.05, 3.63) is 152 Å². The van der Waals surface area contributed by atoms with Crippen molar-refractivity contribution in [2.24, 2.45) is 0 Å². The van der Waals surface area contributed by atoms with Gasteiger partial charge in [0, 0.05) is 34.0 Å². The van der Waals surface area contributed by atoms with Crippen LogP contribution in [-0.4, -0.2) is 47.4 Å². The number of non-ortho nitro benzene ring substituents is 1. The molecule has 0 aliphatic heterocycles. The number of nitrogens with zero attached hydrogens (tertiary/aromatic N) is 1. The molecule has 4 aromatic carbocycles. The van der Waals surface area contributed by atoms with Crippen LogP contribution in [0.25, 0.3) is 6.08 Å². The highest BCUT2D eigenvalue weighted by atomic mass is 32.2. The topological polar surface area (TPSA) is 186 Å². The Bertz CT molecular complexity index is 2200. The van der Waals surface area contributed by atoms with Crippen LogP contribution in [0.2, 0.25) is 0 Å². The fourth-order valence-electron chi connectivity index (χ4n) is 4.85. The van der Waals surface area contributed by atoms with Gasteiger partial charge in [-0.05, 0) is 78.7 Å². The van der Waals surface area contributed by atoms with Crippen molar-refractivity contribution >= 4 is 80.8 Å². The molecule has 0 unspecified atom stereocenters. The van der Waals surface area contributed by atoms with E-state index in [4.69, 9.17) is 4.74 Å². The number of anilines is 3. The van der Waals surface area contributed by atoms with Crippen molar-refractivity contribution < 1.29 is 33.6 Å². The van der Waals surface area contributed by atoms with Crippen LogP contribution >= 0.6 is 23.1 Å². The van der Waals surface area contributed by atoms with Crippen molar-refractivity contribution in [1.29, 1.82) is 0 Å². The molecule has 5 aromatic rings. The van der Waals surface area contributed by atoms with Crippen LogP contribution in [0, 0.1) is 17.0 Å². The number of ether oxygens (including phenoxy) is 1. The summed E-state index contributed by atoms with van der Waals surface area (Å²) in [5, 5.41) is 22.1. The van der Waals surface area contributed by atoms with Crippen molar-refractivity contribution in [2.45, 2.75) is 11.8 Å². The van der Waals surface area contributed by atoms with E-state index in [9.17, 15) is 34.1 Å². The van der Waals surface area contributed by atoms with Crippen LogP contribution in [0.3, 0.4) is 0 Å². The van der Waals surface area contributed by atoms with E-state index in [1.54, 1.807) is 85.8 Å². The lowest BCUT2D eigenvalue weighted by atomic mass is 10.1. The standard InChI is InChI=1S/C38H31N5O8S2/c1-23-32(38(48)51-2)37(53-33(23)36(47)39-26-12-7-4-8-13-26)42-31(44)22-52-29-15-9-14-27(21-29)40-35(46)30(41-34(45)25-10-5-3-6-11-25)20-24-16-18-28(19-17-24)43(49)50/h3-21H,22H2,1-2H3,(H,39,47)(H,40,46)(H,41,45)(H,42,44)/b30-20+. The maximum atomic E-state index is 13.5. The molecule has 0 radical (unpaired) electrons. The molecule has 1 heterocycles. The van der Waals surface area contributed by atoms with Crippen molar-refractivity contribution in [1.82, 2.24) is 5.32 Å². The summed E-state index contributed by atoms with van der Waals surface area (Å²) in [5.74, 6) is -2.89. The third-order valence-electron chi connectivity index (χ3n) is 7.43. The number of hydrogen-bond acceptors (Lipinski definition) is 10. The lowest BCUT2D eigenvalue weighted by Gasteiger charge is -2.12. The van der Waals surface area contributed by atoms with Gasteiger partial charge in [0.15, 0.2) is 0 Å². The van der Waals surface area contributed by atoms with Crippen LogP contribution in [0.5, 0.6) is 0 Å². The zero-order chi connectivity index (χ0) is 37.9. The van der Waals surface area contributed by atoms with Crippen molar-refractivity contribution in [3.63, 3.8) is 0 Å². The zero-order valence-electron chi connectivity index (χ0n) is 28.2. The summed E-state index contributed by atoms with van der Waals surface area (Å²) in [6.07, 6.45) is 1.40. The number of esters is 1. The number of carbonyl (C=O) groups is 5. The maximum Gasteiger partial charge on any atom is 0.341 e. The summed E-state index contributed by atoms with van der Waals surface area (Å²) in [6, 6.07) is 29.3. The van der Waals surface area contributed by atoms with Crippen LogP contribution in [0.4, 0.5) is 22.1 Å². The molecule has 0 bridgehead atoms. The molecule has 13 nitrogen and oxygen atoms in total. The van der Waals surface area contributed by atoms with Gasteiger partial charge in [-0.2, -0.15) is 0 Å². The number of para-hydroxylation sites is 1. The lowest BCUT2D eigenvalue weighted by molar-refractivity contribution is -0.384. The summed E-state index contributed by atoms with van der Waals surface area (Å²) in [4.78, 5) is 76.7. The second-order valence-electron chi connectivity index (χ2n) is 11.1. The monoisotopic (exact) mass is 749 g/mol. The van der Waals surface area contributed by atoms with Gasteiger partial charge in [0.25, 0.3) is 23.4 Å². The highest BCUT2D eigenvalue weighted by molar-refractivity contribution is 8.00. The second kappa shape index (κ2) is 17.6. The van der Waals surface area contributed by atoms with Crippen LogP contribution in [0.15, 0.2) is 120 Å². The third kappa shape index (κ3) is 10.0. The normalized spacial score (nSPS) is 10.9. The van der Waals surface area contributed by atoms with Crippen LogP contribution < -0.4 is 21.3 Å².